The molecule has 0 aliphatic heterocycles. The zero-order chi connectivity index (χ0) is 13.0. The smallest absolute Gasteiger partial charge is 0.308 e. The lowest BCUT2D eigenvalue weighted by Gasteiger charge is -2.09. The summed E-state index contributed by atoms with van der Waals surface area (Å²) in [5.41, 5.74) is 1.55. The van der Waals surface area contributed by atoms with Gasteiger partial charge in [-0.2, -0.15) is 0 Å². The largest absolute Gasteiger partial charge is 0.323 e. The van der Waals surface area contributed by atoms with E-state index in [2.05, 4.69) is 49.2 Å². The second-order valence-corrected chi connectivity index (χ2v) is 5.64. The molecule has 5 heteroatoms. The van der Waals surface area contributed by atoms with Crippen molar-refractivity contribution in [2.45, 2.75) is 0 Å². The standard InChI is InChI=1S/C13H10BrIN2O/c14-9-5-7-10(8-6-9)16-13(18)17-12-4-2-1-3-11(12)15/h1-8H,(H2,16,17,18). The molecule has 0 spiro atoms. The Hall–Kier alpha value is -1.08. The molecule has 0 aromatic heterocycles. The third-order valence-corrected chi connectivity index (χ3v) is 3.69. The van der Waals surface area contributed by atoms with Crippen LogP contribution in [0.4, 0.5) is 16.2 Å². The van der Waals surface area contributed by atoms with Crippen molar-refractivity contribution in [1.29, 1.82) is 0 Å². The van der Waals surface area contributed by atoms with E-state index in [-0.39, 0.29) is 6.03 Å². The zero-order valence-electron chi connectivity index (χ0n) is 9.28. The van der Waals surface area contributed by atoms with Crippen molar-refractivity contribution in [1.82, 2.24) is 0 Å². The summed E-state index contributed by atoms with van der Waals surface area (Å²) in [5.74, 6) is 0. The van der Waals surface area contributed by atoms with E-state index in [0.29, 0.717) is 0 Å². The number of urea groups is 1. The number of nitrogens with one attached hydrogen (secondary N) is 2. The Labute approximate surface area is 127 Å². The number of benzene rings is 2. The van der Waals surface area contributed by atoms with Crippen molar-refractivity contribution in [3.8, 4) is 0 Å². The number of hydrogen-bond donors (Lipinski definition) is 2. The topological polar surface area (TPSA) is 41.1 Å². The number of hydrogen-bond acceptors (Lipinski definition) is 1. The summed E-state index contributed by atoms with van der Waals surface area (Å²) in [4.78, 5) is 11.8. The number of rotatable bonds is 2. The van der Waals surface area contributed by atoms with Gasteiger partial charge in [0.05, 0.1) is 5.69 Å². The maximum absolute atomic E-state index is 11.8. The summed E-state index contributed by atoms with van der Waals surface area (Å²) < 4.78 is 1.98. The summed E-state index contributed by atoms with van der Waals surface area (Å²) in [6.07, 6.45) is 0. The minimum Gasteiger partial charge on any atom is -0.308 e. The van der Waals surface area contributed by atoms with Gasteiger partial charge in [-0.1, -0.05) is 28.1 Å². The summed E-state index contributed by atoms with van der Waals surface area (Å²) in [6.45, 7) is 0. The molecule has 0 saturated carbocycles. The number of halogens is 2. The average Bonchev–Trinajstić information content (AvgIpc) is 2.35. The molecule has 2 amide bonds. The van der Waals surface area contributed by atoms with Gasteiger partial charge in [0.25, 0.3) is 0 Å². The Kier molecular flexibility index (Phi) is 4.60. The minimum atomic E-state index is -0.249. The molecule has 0 aliphatic rings. The van der Waals surface area contributed by atoms with Gasteiger partial charge in [-0.3, -0.25) is 0 Å². The maximum Gasteiger partial charge on any atom is 0.323 e. The molecule has 18 heavy (non-hydrogen) atoms. The summed E-state index contributed by atoms with van der Waals surface area (Å²) >= 11 is 5.53. The Morgan fingerprint density at radius 2 is 1.67 bits per heavy atom. The van der Waals surface area contributed by atoms with E-state index < -0.39 is 0 Å². The molecule has 0 fully saturated rings. The van der Waals surface area contributed by atoms with Gasteiger partial charge in [0, 0.05) is 13.7 Å². The van der Waals surface area contributed by atoms with Crippen LogP contribution >= 0.6 is 38.5 Å². The van der Waals surface area contributed by atoms with Crippen LogP contribution in [-0.2, 0) is 0 Å². The van der Waals surface area contributed by atoms with Crippen molar-refractivity contribution in [3.63, 3.8) is 0 Å². The van der Waals surface area contributed by atoms with Crippen LogP contribution in [0.15, 0.2) is 53.0 Å². The van der Waals surface area contributed by atoms with Gasteiger partial charge in [-0.15, -0.1) is 0 Å². The Morgan fingerprint density at radius 3 is 2.33 bits per heavy atom. The maximum atomic E-state index is 11.8. The van der Waals surface area contributed by atoms with Crippen LogP contribution in [0.3, 0.4) is 0 Å². The minimum absolute atomic E-state index is 0.249. The Morgan fingerprint density at radius 1 is 1.00 bits per heavy atom. The number of carbonyl (C=O) groups excluding carboxylic acids is 1. The first kappa shape index (κ1) is 13.4. The van der Waals surface area contributed by atoms with E-state index in [0.717, 1.165) is 19.4 Å². The highest BCUT2D eigenvalue weighted by Gasteiger charge is 2.04. The van der Waals surface area contributed by atoms with Gasteiger partial charge in [-0.25, -0.2) is 4.79 Å². The van der Waals surface area contributed by atoms with Gasteiger partial charge in [0.2, 0.25) is 0 Å². The van der Waals surface area contributed by atoms with Gasteiger partial charge >= 0.3 is 6.03 Å². The molecule has 0 aliphatic carbocycles. The summed E-state index contributed by atoms with van der Waals surface area (Å²) in [6, 6.07) is 14.8. The molecular weight excluding hydrogens is 407 g/mol. The van der Waals surface area contributed by atoms with Gasteiger partial charge < -0.3 is 10.6 Å². The van der Waals surface area contributed by atoms with Crippen molar-refractivity contribution in [2.75, 3.05) is 10.6 Å². The second kappa shape index (κ2) is 6.19. The van der Waals surface area contributed by atoms with E-state index >= 15 is 0 Å². The third-order valence-electron chi connectivity index (χ3n) is 2.22. The van der Waals surface area contributed by atoms with Gasteiger partial charge in [0.15, 0.2) is 0 Å². The number of carbonyl (C=O) groups is 1. The molecule has 2 N–H and O–H groups in total. The number of para-hydroxylation sites is 1. The zero-order valence-corrected chi connectivity index (χ0v) is 13.0. The molecule has 0 heterocycles. The normalized spacial score (nSPS) is 9.89. The summed E-state index contributed by atoms with van der Waals surface area (Å²) in [7, 11) is 0. The summed E-state index contributed by atoms with van der Waals surface area (Å²) in [5, 5.41) is 5.57. The lowest BCUT2D eigenvalue weighted by Crippen LogP contribution is -2.19. The van der Waals surface area contributed by atoms with E-state index in [1.165, 1.54) is 0 Å². The van der Waals surface area contributed by atoms with E-state index in [1.807, 2.05) is 48.5 Å². The molecule has 92 valence electrons. The van der Waals surface area contributed by atoms with Crippen LogP contribution < -0.4 is 10.6 Å². The van der Waals surface area contributed by atoms with E-state index in [4.69, 9.17) is 0 Å². The first-order chi connectivity index (χ1) is 8.65. The van der Waals surface area contributed by atoms with Crippen LogP contribution in [-0.4, -0.2) is 6.03 Å². The average molecular weight is 417 g/mol. The Balaban J connectivity index is 2.01. The molecule has 0 bridgehead atoms. The lowest BCUT2D eigenvalue weighted by atomic mass is 10.3. The monoisotopic (exact) mass is 416 g/mol. The molecule has 0 saturated heterocycles. The predicted octanol–water partition coefficient (Wildman–Crippen LogP) is 4.70. The van der Waals surface area contributed by atoms with Gasteiger partial charge in [-0.05, 0) is 59.0 Å². The third kappa shape index (κ3) is 3.71. The van der Waals surface area contributed by atoms with Crippen LogP contribution in [0.25, 0.3) is 0 Å². The molecule has 0 unspecified atom stereocenters. The quantitative estimate of drug-likeness (QED) is 0.684. The predicted molar refractivity (Wildman–Crippen MR) is 85.9 cm³/mol. The van der Waals surface area contributed by atoms with Crippen LogP contribution in [0.5, 0.6) is 0 Å². The molecular formula is C13H10BrIN2O. The van der Waals surface area contributed by atoms with Crippen molar-refractivity contribution >= 4 is 55.9 Å². The molecule has 2 aromatic rings. The fraction of sp³-hybridized carbons (Fsp3) is 0. The molecule has 3 nitrogen and oxygen atoms in total. The molecule has 2 rings (SSSR count). The first-order valence-electron chi connectivity index (χ1n) is 5.23. The molecule has 0 radical (unpaired) electrons. The van der Waals surface area contributed by atoms with Gasteiger partial charge in [0.1, 0.15) is 0 Å². The number of anilines is 2. The van der Waals surface area contributed by atoms with Crippen molar-refractivity contribution in [3.05, 3.63) is 56.6 Å². The second-order valence-electron chi connectivity index (χ2n) is 3.57. The van der Waals surface area contributed by atoms with Crippen molar-refractivity contribution < 1.29 is 4.79 Å². The highest BCUT2D eigenvalue weighted by atomic mass is 127. The highest BCUT2D eigenvalue weighted by molar-refractivity contribution is 14.1. The Bertz CT molecular complexity index is 557. The fourth-order valence-corrected chi connectivity index (χ4v) is 2.17. The van der Waals surface area contributed by atoms with Crippen molar-refractivity contribution in [2.24, 2.45) is 0 Å². The van der Waals surface area contributed by atoms with Crippen LogP contribution in [0.1, 0.15) is 0 Å². The van der Waals surface area contributed by atoms with E-state index in [1.54, 1.807) is 0 Å². The van der Waals surface area contributed by atoms with Crippen LogP contribution in [0, 0.1) is 3.57 Å². The van der Waals surface area contributed by atoms with E-state index in [9.17, 15) is 4.79 Å². The SMILES string of the molecule is O=C(Nc1ccc(Br)cc1)Nc1ccccc1I. The first-order valence-corrected chi connectivity index (χ1v) is 7.10. The molecule has 0 atom stereocenters. The number of amides is 2. The van der Waals surface area contributed by atoms with Crippen LogP contribution in [0.2, 0.25) is 0 Å². The highest BCUT2D eigenvalue weighted by Crippen LogP contribution is 2.18. The fourth-order valence-electron chi connectivity index (χ4n) is 1.38. The molecule has 2 aromatic carbocycles. The lowest BCUT2D eigenvalue weighted by molar-refractivity contribution is 0.262.